The minimum absolute atomic E-state index is 0.0351. The molecule has 44 heavy (non-hydrogen) atoms. The van der Waals surface area contributed by atoms with E-state index >= 15 is 0 Å². The molecule has 0 saturated carbocycles. The second-order valence-corrected chi connectivity index (χ2v) is 13.1. The molecule has 0 aliphatic heterocycles. The van der Waals surface area contributed by atoms with E-state index in [0.717, 1.165) is 38.5 Å². The number of ether oxygens (including phenoxy) is 2. The molecule has 0 radical (unpaired) electrons. The summed E-state index contributed by atoms with van der Waals surface area (Å²) in [4.78, 5) is 0. The van der Waals surface area contributed by atoms with E-state index < -0.39 is 0 Å². The van der Waals surface area contributed by atoms with Crippen LogP contribution in [0.3, 0.4) is 0 Å². The van der Waals surface area contributed by atoms with Crippen LogP contribution in [-0.2, 0) is 9.47 Å². The van der Waals surface area contributed by atoms with Gasteiger partial charge in [0.25, 0.3) is 0 Å². The Kier molecular flexibility index (Phi) is 21.9. The first kappa shape index (κ1) is 41.1. The van der Waals surface area contributed by atoms with Crippen molar-refractivity contribution in [2.45, 2.75) is 119 Å². The minimum Gasteiger partial charge on any atom is -0.379 e. The molecule has 0 N–H and O–H groups in total. The molecule has 0 amide bonds. The smallest absolute Gasteiger partial charge is 0.0622 e. The molecule has 244 valence electrons. The molecule has 0 aliphatic rings. The predicted molar refractivity (Wildman–Crippen MR) is 198 cm³/mol. The van der Waals surface area contributed by atoms with E-state index in [0.29, 0.717) is 0 Å². The summed E-state index contributed by atoms with van der Waals surface area (Å²) in [5.41, 5.74) is 7.59. The number of hydrogen-bond acceptors (Lipinski definition) is 2. The van der Waals surface area contributed by atoms with Crippen molar-refractivity contribution < 1.29 is 9.47 Å². The van der Waals surface area contributed by atoms with Crippen LogP contribution in [0, 0.1) is 0 Å². The first-order chi connectivity index (χ1) is 20.7. The maximum absolute atomic E-state index is 5.50. The van der Waals surface area contributed by atoms with Crippen molar-refractivity contribution in [3.05, 3.63) is 131 Å². The van der Waals surface area contributed by atoms with Crippen molar-refractivity contribution in [2.24, 2.45) is 0 Å². The van der Waals surface area contributed by atoms with E-state index in [2.05, 4.69) is 166 Å². The fourth-order valence-electron chi connectivity index (χ4n) is 4.03. The molecule has 0 atom stereocenters. The topological polar surface area (TPSA) is 18.5 Å². The average Bonchev–Trinajstić information content (AvgIpc) is 2.95. The van der Waals surface area contributed by atoms with Crippen molar-refractivity contribution in [3.63, 3.8) is 0 Å². The van der Waals surface area contributed by atoms with Crippen LogP contribution in [0.1, 0.15) is 108 Å². The van der Waals surface area contributed by atoms with E-state index in [1.807, 2.05) is 0 Å². The molecular weight excluding hydrogens is 536 g/mol. The normalized spacial score (nSPS) is 15.9. The lowest BCUT2D eigenvalue weighted by Gasteiger charge is -2.22. The first-order valence-corrected chi connectivity index (χ1v) is 16.2. The fraction of sp³-hybridized carbons (Fsp3) is 0.476. The SMILES string of the molecule is COC(C)(C)CCC/C(C)=C/C=C/C(C)=C/C=C/C(C)=C/C=C/C=C(C)/C=C/C=C(C)/C=C/C=C(\C)CCCC(C)(C)OC. The van der Waals surface area contributed by atoms with E-state index in [-0.39, 0.29) is 11.2 Å². The third-order valence-electron chi connectivity index (χ3n) is 7.55. The molecular formula is C42H64O2. The third kappa shape index (κ3) is 24.5. The molecule has 2 heteroatoms. The van der Waals surface area contributed by atoms with E-state index in [1.165, 1.54) is 33.4 Å². The van der Waals surface area contributed by atoms with Crippen LogP contribution >= 0.6 is 0 Å². The van der Waals surface area contributed by atoms with Gasteiger partial charge in [0.1, 0.15) is 0 Å². The Balaban J connectivity index is 4.68. The van der Waals surface area contributed by atoms with Crippen LogP contribution in [0.15, 0.2) is 131 Å². The van der Waals surface area contributed by atoms with Gasteiger partial charge in [0.05, 0.1) is 11.2 Å². The van der Waals surface area contributed by atoms with E-state index in [9.17, 15) is 0 Å². The zero-order valence-corrected chi connectivity index (χ0v) is 30.3. The third-order valence-corrected chi connectivity index (χ3v) is 7.55. The lowest BCUT2D eigenvalue weighted by Crippen LogP contribution is -2.21. The molecule has 0 rings (SSSR count). The highest BCUT2D eigenvalue weighted by atomic mass is 16.5. The van der Waals surface area contributed by atoms with Gasteiger partial charge in [0.15, 0.2) is 0 Å². The van der Waals surface area contributed by atoms with E-state index in [4.69, 9.17) is 9.47 Å². The quantitative estimate of drug-likeness (QED) is 0.129. The molecule has 0 aromatic heterocycles. The Bertz CT molecular complexity index is 1070. The van der Waals surface area contributed by atoms with Gasteiger partial charge < -0.3 is 9.47 Å². The molecule has 0 aromatic carbocycles. The lowest BCUT2D eigenvalue weighted by molar-refractivity contribution is 0.0137. The second-order valence-electron chi connectivity index (χ2n) is 13.1. The summed E-state index contributed by atoms with van der Waals surface area (Å²) >= 11 is 0. The summed E-state index contributed by atoms with van der Waals surface area (Å²) in [6, 6.07) is 0. The molecule has 0 aromatic rings. The Labute approximate surface area is 272 Å². The minimum atomic E-state index is -0.0351. The van der Waals surface area contributed by atoms with Crippen LogP contribution in [0.25, 0.3) is 0 Å². The Morgan fingerprint density at radius 1 is 0.432 bits per heavy atom. The number of hydrogen-bond donors (Lipinski definition) is 0. The van der Waals surface area contributed by atoms with Crippen LogP contribution in [-0.4, -0.2) is 25.4 Å². The largest absolute Gasteiger partial charge is 0.379 e. The molecule has 0 heterocycles. The highest BCUT2D eigenvalue weighted by Crippen LogP contribution is 2.20. The van der Waals surface area contributed by atoms with Crippen LogP contribution in [0.4, 0.5) is 0 Å². The van der Waals surface area contributed by atoms with Gasteiger partial charge in [0.2, 0.25) is 0 Å². The summed E-state index contributed by atoms with van der Waals surface area (Å²) in [6.07, 6.45) is 40.9. The fourth-order valence-corrected chi connectivity index (χ4v) is 4.03. The molecule has 0 bridgehead atoms. The molecule has 2 nitrogen and oxygen atoms in total. The van der Waals surface area contributed by atoms with Gasteiger partial charge in [-0.3, -0.25) is 0 Å². The summed E-state index contributed by atoms with van der Waals surface area (Å²) in [6.45, 7) is 21.5. The monoisotopic (exact) mass is 600 g/mol. The zero-order valence-electron chi connectivity index (χ0n) is 30.3. The Morgan fingerprint density at radius 3 is 1.00 bits per heavy atom. The van der Waals surface area contributed by atoms with Gasteiger partial charge in [-0.05, 0) is 108 Å². The van der Waals surface area contributed by atoms with Crippen LogP contribution in [0.2, 0.25) is 0 Å². The van der Waals surface area contributed by atoms with Crippen molar-refractivity contribution in [2.75, 3.05) is 14.2 Å². The summed E-state index contributed by atoms with van der Waals surface area (Å²) < 4.78 is 11.0. The second kappa shape index (κ2) is 23.4. The lowest BCUT2D eigenvalue weighted by atomic mass is 9.99. The standard InChI is InChI=1S/C42H64O2/c1-35(23-15-25-37(3)27-17-29-39(5)31-19-33-41(7,8)43-11)21-13-14-22-36(2)24-16-26-38(4)28-18-30-40(6)32-20-34-42(9,10)44-12/h13-18,21-30H,19-20,31-34H2,1-12H3/b14-13+,23-15+,24-16+,27-17+,28-18+,35-21+,36-22+,37-25+,38-26+,39-29+,40-30+. The van der Waals surface area contributed by atoms with Crippen LogP contribution in [0.5, 0.6) is 0 Å². The summed E-state index contributed by atoms with van der Waals surface area (Å²) in [5, 5.41) is 0. The molecule has 0 aliphatic carbocycles. The molecule has 0 spiro atoms. The first-order valence-electron chi connectivity index (χ1n) is 16.2. The van der Waals surface area contributed by atoms with Gasteiger partial charge in [0, 0.05) is 14.2 Å². The van der Waals surface area contributed by atoms with Gasteiger partial charge in [-0.15, -0.1) is 0 Å². The maximum atomic E-state index is 5.50. The maximum Gasteiger partial charge on any atom is 0.0622 e. The van der Waals surface area contributed by atoms with Crippen LogP contribution < -0.4 is 0 Å². The Hall–Kier alpha value is -2.94. The van der Waals surface area contributed by atoms with Crippen molar-refractivity contribution in [3.8, 4) is 0 Å². The predicted octanol–water partition coefficient (Wildman–Crippen LogP) is 12.6. The van der Waals surface area contributed by atoms with Crippen molar-refractivity contribution >= 4 is 0 Å². The van der Waals surface area contributed by atoms with Gasteiger partial charge >= 0.3 is 0 Å². The highest BCUT2D eigenvalue weighted by Gasteiger charge is 2.15. The molecule has 0 unspecified atom stereocenters. The average molecular weight is 601 g/mol. The highest BCUT2D eigenvalue weighted by molar-refractivity contribution is 5.32. The van der Waals surface area contributed by atoms with E-state index in [1.54, 1.807) is 14.2 Å². The van der Waals surface area contributed by atoms with Crippen molar-refractivity contribution in [1.82, 2.24) is 0 Å². The zero-order chi connectivity index (χ0) is 33.4. The Morgan fingerprint density at radius 2 is 0.705 bits per heavy atom. The molecule has 0 saturated heterocycles. The number of rotatable bonds is 20. The number of allylic oxidation sites excluding steroid dienone is 22. The van der Waals surface area contributed by atoms with Gasteiger partial charge in [-0.1, -0.05) is 131 Å². The van der Waals surface area contributed by atoms with Crippen molar-refractivity contribution in [1.29, 1.82) is 0 Å². The number of methoxy groups -OCH3 is 2. The molecule has 0 fully saturated rings. The summed E-state index contributed by atoms with van der Waals surface area (Å²) in [7, 11) is 3.57. The summed E-state index contributed by atoms with van der Waals surface area (Å²) in [5.74, 6) is 0. The van der Waals surface area contributed by atoms with Gasteiger partial charge in [-0.2, -0.15) is 0 Å². The van der Waals surface area contributed by atoms with Gasteiger partial charge in [-0.25, -0.2) is 0 Å².